The van der Waals surface area contributed by atoms with Crippen molar-refractivity contribution in [2.75, 3.05) is 0 Å². The summed E-state index contributed by atoms with van der Waals surface area (Å²) in [6.45, 7) is 1.76. The zero-order chi connectivity index (χ0) is 17.3. The van der Waals surface area contributed by atoms with Gasteiger partial charge in [0.1, 0.15) is 11.4 Å². The zero-order valence-corrected chi connectivity index (χ0v) is 14.1. The number of amides is 2. The molecule has 1 heterocycles. The number of hydrogen-bond donors (Lipinski definition) is 2. The molecule has 0 unspecified atom stereocenters. The fourth-order valence-electron chi connectivity index (χ4n) is 2.30. The van der Waals surface area contributed by atoms with Crippen LogP contribution < -0.4 is 10.9 Å². The van der Waals surface area contributed by atoms with E-state index in [1.165, 1.54) is 12.1 Å². The summed E-state index contributed by atoms with van der Waals surface area (Å²) in [5.74, 6) is -1.51. The minimum atomic E-state index is -0.580. The average molecular weight is 391 g/mol. The van der Waals surface area contributed by atoms with Crippen molar-refractivity contribution in [2.24, 2.45) is 0 Å². The molecule has 1 aromatic heterocycles. The zero-order valence-electron chi connectivity index (χ0n) is 12.5. The first-order valence-electron chi connectivity index (χ1n) is 7.01. The molecule has 0 saturated heterocycles. The van der Waals surface area contributed by atoms with Gasteiger partial charge in [-0.3, -0.25) is 20.4 Å². The van der Waals surface area contributed by atoms with Gasteiger partial charge in [-0.2, -0.15) is 0 Å². The maximum Gasteiger partial charge on any atom is 0.305 e. The number of para-hydroxylation sites is 1. The summed E-state index contributed by atoms with van der Waals surface area (Å²) in [7, 11) is 0. The predicted octanol–water partition coefficient (Wildman–Crippen LogP) is 3.72. The van der Waals surface area contributed by atoms with Crippen molar-refractivity contribution < 1.29 is 18.4 Å². The third kappa shape index (κ3) is 3.03. The quantitative estimate of drug-likeness (QED) is 0.655. The molecule has 122 valence electrons. The molecular formula is C17H12BrFN2O3. The van der Waals surface area contributed by atoms with Gasteiger partial charge in [-0.25, -0.2) is 4.39 Å². The van der Waals surface area contributed by atoms with Crippen molar-refractivity contribution >= 4 is 38.7 Å². The molecule has 0 saturated carbocycles. The van der Waals surface area contributed by atoms with Gasteiger partial charge in [0.25, 0.3) is 5.91 Å². The van der Waals surface area contributed by atoms with Gasteiger partial charge in [-0.15, -0.1) is 0 Å². The Morgan fingerprint density at radius 2 is 1.79 bits per heavy atom. The van der Waals surface area contributed by atoms with Crippen LogP contribution in [0.4, 0.5) is 4.39 Å². The van der Waals surface area contributed by atoms with Crippen molar-refractivity contribution in [3.63, 3.8) is 0 Å². The topological polar surface area (TPSA) is 71.3 Å². The number of nitrogens with one attached hydrogen (secondary N) is 2. The van der Waals surface area contributed by atoms with E-state index >= 15 is 0 Å². The van der Waals surface area contributed by atoms with Crippen molar-refractivity contribution in [2.45, 2.75) is 6.92 Å². The van der Waals surface area contributed by atoms with Gasteiger partial charge in [-0.1, -0.05) is 18.2 Å². The first-order valence-corrected chi connectivity index (χ1v) is 7.80. The molecule has 2 amide bonds. The number of fused-ring (bicyclic) bond motifs is 1. The monoisotopic (exact) mass is 390 g/mol. The molecule has 0 spiro atoms. The molecule has 0 atom stereocenters. The van der Waals surface area contributed by atoms with Crippen LogP contribution in [0.3, 0.4) is 0 Å². The fourth-order valence-corrected chi connectivity index (χ4v) is 2.83. The van der Waals surface area contributed by atoms with E-state index in [0.717, 1.165) is 11.5 Å². The second-order valence-electron chi connectivity index (χ2n) is 5.08. The Morgan fingerprint density at radius 1 is 1.08 bits per heavy atom. The number of benzene rings is 2. The fraction of sp³-hybridized carbons (Fsp3) is 0.0588. The molecule has 2 aromatic carbocycles. The van der Waals surface area contributed by atoms with E-state index in [0.29, 0.717) is 11.1 Å². The second-order valence-corrected chi connectivity index (χ2v) is 5.94. The Hall–Kier alpha value is -2.67. The highest BCUT2D eigenvalue weighted by atomic mass is 79.9. The number of rotatable bonds is 2. The molecule has 5 nitrogen and oxygen atoms in total. The first-order chi connectivity index (χ1) is 11.5. The van der Waals surface area contributed by atoms with E-state index < -0.39 is 17.6 Å². The number of hydrazine groups is 1. The highest BCUT2D eigenvalue weighted by Crippen LogP contribution is 2.24. The Bertz CT molecular complexity index is 952. The van der Waals surface area contributed by atoms with E-state index in [9.17, 15) is 14.0 Å². The van der Waals surface area contributed by atoms with Crippen molar-refractivity contribution in [3.05, 3.63) is 69.6 Å². The van der Waals surface area contributed by atoms with E-state index in [1.807, 2.05) is 12.1 Å². The average Bonchev–Trinajstić information content (AvgIpc) is 2.90. The molecule has 24 heavy (non-hydrogen) atoms. The summed E-state index contributed by atoms with van der Waals surface area (Å²) in [6, 6.07) is 10.9. The number of carbonyl (C=O) groups is 2. The normalized spacial score (nSPS) is 10.6. The molecule has 0 aliphatic heterocycles. The van der Waals surface area contributed by atoms with E-state index in [1.54, 1.807) is 19.1 Å². The lowest BCUT2D eigenvalue weighted by atomic mass is 10.1. The minimum absolute atomic E-state index is 0.120. The maximum atomic E-state index is 13.0. The number of aryl methyl sites for hydroxylation is 1. The van der Waals surface area contributed by atoms with Crippen LogP contribution in [0.15, 0.2) is 51.4 Å². The second kappa shape index (κ2) is 6.45. The summed E-state index contributed by atoms with van der Waals surface area (Å²) in [5.41, 5.74) is 6.04. The van der Waals surface area contributed by atoms with Crippen LogP contribution >= 0.6 is 15.9 Å². The molecule has 3 aromatic rings. The van der Waals surface area contributed by atoms with Crippen LogP contribution in [-0.2, 0) is 0 Å². The van der Waals surface area contributed by atoms with Gasteiger partial charge in [-0.05, 0) is 47.1 Å². The van der Waals surface area contributed by atoms with E-state index in [2.05, 4.69) is 26.8 Å². The van der Waals surface area contributed by atoms with E-state index in [-0.39, 0.29) is 15.8 Å². The molecule has 0 aliphatic carbocycles. The van der Waals surface area contributed by atoms with Crippen LogP contribution in [-0.4, -0.2) is 11.8 Å². The van der Waals surface area contributed by atoms with Crippen molar-refractivity contribution in [3.8, 4) is 0 Å². The molecule has 3 rings (SSSR count). The minimum Gasteiger partial charge on any atom is -0.451 e. The third-order valence-electron chi connectivity index (χ3n) is 3.52. The Morgan fingerprint density at radius 3 is 2.50 bits per heavy atom. The van der Waals surface area contributed by atoms with Crippen molar-refractivity contribution in [1.82, 2.24) is 10.9 Å². The molecule has 0 fully saturated rings. The van der Waals surface area contributed by atoms with Gasteiger partial charge >= 0.3 is 5.91 Å². The molecule has 0 radical (unpaired) electrons. The summed E-state index contributed by atoms with van der Waals surface area (Å²) in [4.78, 5) is 24.3. The number of carbonyl (C=O) groups excluding carboxylic acids is 2. The molecule has 2 N–H and O–H groups in total. The highest BCUT2D eigenvalue weighted by molar-refractivity contribution is 9.10. The number of hydrogen-bond acceptors (Lipinski definition) is 3. The summed E-state index contributed by atoms with van der Waals surface area (Å²) in [5, 5.41) is 0.829. The molecule has 0 bridgehead atoms. The van der Waals surface area contributed by atoms with E-state index in [4.69, 9.17) is 4.42 Å². The summed E-state index contributed by atoms with van der Waals surface area (Å²) in [6.07, 6.45) is 0. The lowest BCUT2D eigenvalue weighted by Gasteiger charge is -2.08. The van der Waals surface area contributed by atoms with Gasteiger partial charge in [0, 0.05) is 15.4 Å². The summed E-state index contributed by atoms with van der Waals surface area (Å²) >= 11 is 3.10. The standard InChI is InChI=1S/C17H12BrFN2O3/c1-9-11-4-2-3-5-14(11)24-15(9)17(23)21-20-16(22)12-7-6-10(19)8-13(12)18/h2-8H,1H3,(H,20,22)(H,21,23). The molecule has 7 heteroatoms. The summed E-state index contributed by atoms with van der Waals surface area (Å²) < 4.78 is 18.9. The molecular weight excluding hydrogens is 379 g/mol. The largest absolute Gasteiger partial charge is 0.451 e. The number of halogens is 2. The van der Waals surface area contributed by atoms with Crippen LogP contribution in [0.5, 0.6) is 0 Å². The van der Waals surface area contributed by atoms with Gasteiger partial charge in [0.05, 0.1) is 5.56 Å². The van der Waals surface area contributed by atoms with Gasteiger partial charge in [0.2, 0.25) is 0 Å². The van der Waals surface area contributed by atoms with Gasteiger partial charge < -0.3 is 4.42 Å². The van der Waals surface area contributed by atoms with Crippen LogP contribution in [0.25, 0.3) is 11.0 Å². The Balaban J connectivity index is 1.75. The van der Waals surface area contributed by atoms with Gasteiger partial charge in [0.15, 0.2) is 5.76 Å². The smallest absolute Gasteiger partial charge is 0.305 e. The first kappa shape index (κ1) is 16.2. The van der Waals surface area contributed by atoms with Crippen LogP contribution in [0.1, 0.15) is 26.5 Å². The third-order valence-corrected chi connectivity index (χ3v) is 4.17. The van der Waals surface area contributed by atoms with Crippen molar-refractivity contribution in [1.29, 1.82) is 0 Å². The SMILES string of the molecule is Cc1c(C(=O)NNC(=O)c2ccc(F)cc2Br)oc2ccccc12. The lowest BCUT2D eigenvalue weighted by molar-refractivity contribution is 0.0831. The Kier molecular flexibility index (Phi) is 4.35. The van der Waals surface area contributed by atoms with Crippen LogP contribution in [0, 0.1) is 12.7 Å². The maximum absolute atomic E-state index is 13.0. The Labute approximate surface area is 144 Å². The molecule has 0 aliphatic rings. The predicted molar refractivity (Wildman–Crippen MR) is 90.0 cm³/mol. The lowest BCUT2D eigenvalue weighted by Crippen LogP contribution is -2.41. The number of furan rings is 1. The van der Waals surface area contributed by atoms with Crippen LogP contribution in [0.2, 0.25) is 0 Å². The highest BCUT2D eigenvalue weighted by Gasteiger charge is 2.18.